The molecule has 0 aliphatic rings. The van der Waals surface area contributed by atoms with Gasteiger partial charge in [-0.25, -0.2) is 8.42 Å². The molecule has 0 unspecified atom stereocenters. The maximum absolute atomic E-state index is 12.8. The lowest BCUT2D eigenvalue weighted by Gasteiger charge is -2.24. The fourth-order valence-corrected chi connectivity index (χ4v) is 3.81. The summed E-state index contributed by atoms with van der Waals surface area (Å²) in [6.45, 7) is 3.91. The lowest BCUT2D eigenvalue weighted by atomic mass is 10.1. The van der Waals surface area contributed by atoms with Crippen LogP contribution in [0.5, 0.6) is 5.75 Å². The molecule has 2 rings (SSSR count). The number of para-hydroxylation sites is 1. The number of nitrogens with one attached hydrogen (secondary N) is 2. The fourth-order valence-electron chi connectivity index (χ4n) is 2.96. The van der Waals surface area contributed by atoms with Gasteiger partial charge < -0.3 is 15.4 Å². The van der Waals surface area contributed by atoms with Crippen LogP contribution in [0.3, 0.4) is 0 Å². The number of benzene rings is 2. The number of nitrogens with zero attached hydrogens (tertiary/aromatic N) is 1. The van der Waals surface area contributed by atoms with E-state index in [9.17, 15) is 18.0 Å². The molecule has 0 aromatic heterocycles. The van der Waals surface area contributed by atoms with Crippen LogP contribution in [0.4, 0.5) is 11.4 Å². The Morgan fingerprint density at radius 3 is 2.48 bits per heavy atom. The summed E-state index contributed by atoms with van der Waals surface area (Å²) in [7, 11) is -2.35. The van der Waals surface area contributed by atoms with Crippen molar-refractivity contribution in [3.05, 3.63) is 53.6 Å². The summed E-state index contributed by atoms with van der Waals surface area (Å²) in [4.78, 5) is 25.2. The van der Waals surface area contributed by atoms with Crippen LogP contribution in [-0.2, 0) is 14.8 Å². The predicted octanol–water partition coefficient (Wildman–Crippen LogP) is 2.94. The number of ether oxygens (including phenoxy) is 1. The van der Waals surface area contributed by atoms with Gasteiger partial charge >= 0.3 is 0 Å². The zero-order valence-electron chi connectivity index (χ0n) is 18.3. The van der Waals surface area contributed by atoms with Crippen LogP contribution in [0.2, 0.25) is 0 Å². The number of aryl methyl sites for hydroxylation is 1. The monoisotopic (exact) mass is 447 g/mol. The zero-order chi connectivity index (χ0) is 23.0. The van der Waals surface area contributed by atoms with Crippen molar-refractivity contribution in [3.8, 4) is 5.75 Å². The summed E-state index contributed by atoms with van der Waals surface area (Å²) in [5.41, 5.74) is 1.71. The van der Waals surface area contributed by atoms with E-state index < -0.39 is 22.5 Å². The molecule has 168 valence electrons. The number of carbonyl (C=O) groups excluding carboxylic acids is 2. The minimum Gasteiger partial charge on any atom is -0.495 e. The van der Waals surface area contributed by atoms with Crippen LogP contribution in [0.1, 0.15) is 35.7 Å². The van der Waals surface area contributed by atoms with E-state index in [0.717, 1.165) is 29.0 Å². The summed E-state index contributed by atoms with van der Waals surface area (Å²) >= 11 is 0. The minimum absolute atomic E-state index is 0.269. The topological polar surface area (TPSA) is 105 Å². The lowest BCUT2D eigenvalue weighted by Crippen LogP contribution is -2.38. The molecular formula is C22H29N3O5S. The van der Waals surface area contributed by atoms with E-state index in [1.54, 1.807) is 42.5 Å². The second kappa shape index (κ2) is 10.8. The number of anilines is 2. The third-order valence-corrected chi connectivity index (χ3v) is 5.68. The van der Waals surface area contributed by atoms with E-state index in [0.29, 0.717) is 23.5 Å². The van der Waals surface area contributed by atoms with E-state index in [-0.39, 0.29) is 11.6 Å². The Morgan fingerprint density at radius 2 is 1.84 bits per heavy atom. The van der Waals surface area contributed by atoms with Crippen molar-refractivity contribution < 1.29 is 22.7 Å². The molecular weight excluding hydrogens is 418 g/mol. The highest BCUT2D eigenvalue weighted by Gasteiger charge is 2.25. The molecule has 0 atom stereocenters. The molecule has 2 aromatic carbocycles. The Kier molecular flexibility index (Phi) is 8.44. The predicted molar refractivity (Wildman–Crippen MR) is 122 cm³/mol. The Bertz CT molecular complexity index is 1040. The first kappa shape index (κ1) is 24.2. The first-order chi connectivity index (χ1) is 14.7. The molecule has 31 heavy (non-hydrogen) atoms. The van der Waals surface area contributed by atoms with Gasteiger partial charge in [0.1, 0.15) is 12.3 Å². The van der Waals surface area contributed by atoms with Crippen molar-refractivity contribution in [1.29, 1.82) is 0 Å². The third kappa shape index (κ3) is 6.71. The number of unbranched alkanes of at least 4 members (excludes halogenated alkanes) is 1. The van der Waals surface area contributed by atoms with Gasteiger partial charge in [-0.05, 0) is 43.2 Å². The standard InChI is InChI=1S/C22H29N3O5S/c1-5-6-13-23-22(27)17-9-7-8-10-18(17)24-21(26)15-25(31(4,28)29)19-14-16(2)11-12-20(19)30-3/h7-12,14H,5-6,13,15H2,1-4H3,(H,23,27)(H,24,26). The largest absolute Gasteiger partial charge is 0.495 e. The molecule has 2 amide bonds. The molecule has 0 spiro atoms. The van der Waals surface area contributed by atoms with Crippen molar-refractivity contribution in [2.45, 2.75) is 26.7 Å². The quantitative estimate of drug-likeness (QED) is 0.545. The Labute approximate surface area is 183 Å². The Morgan fingerprint density at radius 1 is 1.13 bits per heavy atom. The van der Waals surface area contributed by atoms with Crippen molar-refractivity contribution in [1.82, 2.24) is 5.32 Å². The molecule has 0 fully saturated rings. The van der Waals surface area contributed by atoms with E-state index in [2.05, 4.69) is 10.6 Å². The van der Waals surface area contributed by atoms with Gasteiger partial charge in [-0.15, -0.1) is 0 Å². The second-order valence-corrected chi connectivity index (χ2v) is 9.05. The molecule has 2 N–H and O–H groups in total. The zero-order valence-corrected chi connectivity index (χ0v) is 19.1. The van der Waals surface area contributed by atoms with Crippen LogP contribution < -0.4 is 19.7 Å². The highest BCUT2D eigenvalue weighted by molar-refractivity contribution is 7.92. The molecule has 0 saturated carbocycles. The molecule has 0 aliphatic carbocycles. The molecule has 0 saturated heterocycles. The van der Waals surface area contributed by atoms with E-state index in [4.69, 9.17) is 4.74 Å². The van der Waals surface area contributed by atoms with Gasteiger partial charge in [0, 0.05) is 6.54 Å². The SMILES string of the molecule is CCCCNC(=O)c1ccccc1NC(=O)CN(c1cc(C)ccc1OC)S(C)(=O)=O. The highest BCUT2D eigenvalue weighted by Crippen LogP contribution is 2.31. The van der Waals surface area contributed by atoms with Gasteiger partial charge in [-0.3, -0.25) is 13.9 Å². The number of amides is 2. The number of methoxy groups -OCH3 is 1. The van der Waals surface area contributed by atoms with E-state index in [1.165, 1.54) is 7.11 Å². The van der Waals surface area contributed by atoms with E-state index >= 15 is 0 Å². The third-order valence-electron chi connectivity index (χ3n) is 4.55. The summed E-state index contributed by atoms with van der Waals surface area (Å²) in [5, 5.41) is 5.47. The van der Waals surface area contributed by atoms with Crippen LogP contribution in [0.25, 0.3) is 0 Å². The van der Waals surface area contributed by atoms with Gasteiger partial charge in [0.15, 0.2) is 0 Å². The number of rotatable bonds is 10. The molecule has 0 heterocycles. The number of sulfonamides is 1. The summed E-state index contributed by atoms with van der Waals surface area (Å²) in [5.74, 6) is -0.549. The molecule has 0 radical (unpaired) electrons. The normalized spacial score (nSPS) is 11.0. The lowest BCUT2D eigenvalue weighted by molar-refractivity contribution is -0.114. The van der Waals surface area contributed by atoms with Gasteiger partial charge in [0.25, 0.3) is 5.91 Å². The van der Waals surface area contributed by atoms with Crippen LogP contribution in [0, 0.1) is 6.92 Å². The molecule has 0 bridgehead atoms. The van der Waals surface area contributed by atoms with Crippen molar-refractivity contribution in [2.24, 2.45) is 0 Å². The van der Waals surface area contributed by atoms with Crippen molar-refractivity contribution in [3.63, 3.8) is 0 Å². The second-order valence-electron chi connectivity index (χ2n) is 7.15. The highest BCUT2D eigenvalue weighted by atomic mass is 32.2. The molecule has 9 heteroatoms. The minimum atomic E-state index is -3.78. The molecule has 2 aromatic rings. The van der Waals surface area contributed by atoms with Gasteiger partial charge in [0.05, 0.1) is 30.3 Å². The summed E-state index contributed by atoms with van der Waals surface area (Å²) in [6, 6.07) is 11.7. The first-order valence-corrected chi connectivity index (χ1v) is 11.8. The van der Waals surface area contributed by atoms with Gasteiger partial charge in [0.2, 0.25) is 15.9 Å². The molecule has 0 aliphatic heterocycles. The maximum Gasteiger partial charge on any atom is 0.253 e. The summed E-state index contributed by atoms with van der Waals surface area (Å²) < 4.78 is 31.2. The number of hydrogen-bond donors (Lipinski definition) is 2. The number of carbonyl (C=O) groups is 2. The maximum atomic E-state index is 12.8. The molecule has 8 nitrogen and oxygen atoms in total. The average Bonchev–Trinajstić information content (AvgIpc) is 2.71. The average molecular weight is 448 g/mol. The Balaban J connectivity index is 2.26. The van der Waals surface area contributed by atoms with Crippen LogP contribution >= 0.6 is 0 Å². The van der Waals surface area contributed by atoms with Crippen LogP contribution in [0.15, 0.2) is 42.5 Å². The Hall–Kier alpha value is -3.07. The van der Waals surface area contributed by atoms with Gasteiger partial charge in [-0.1, -0.05) is 31.5 Å². The van der Waals surface area contributed by atoms with Crippen LogP contribution in [-0.4, -0.2) is 46.7 Å². The number of hydrogen-bond acceptors (Lipinski definition) is 5. The van der Waals surface area contributed by atoms with Crippen molar-refractivity contribution in [2.75, 3.05) is 36.1 Å². The smallest absolute Gasteiger partial charge is 0.253 e. The van der Waals surface area contributed by atoms with E-state index in [1.807, 2.05) is 13.8 Å². The van der Waals surface area contributed by atoms with Gasteiger partial charge in [-0.2, -0.15) is 0 Å². The van der Waals surface area contributed by atoms with Crippen molar-refractivity contribution >= 4 is 33.2 Å². The summed E-state index contributed by atoms with van der Waals surface area (Å²) in [6.07, 6.45) is 2.82. The first-order valence-electron chi connectivity index (χ1n) is 9.96. The fraction of sp³-hybridized carbons (Fsp3) is 0.364.